The molecule has 2 rings (SSSR count). The van der Waals surface area contributed by atoms with Gasteiger partial charge in [-0.25, -0.2) is 4.39 Å². The highest BCUT2D eigenvalue weighted by molar-refractivity contribution is 9.10. The quantitative estimate of drug-likeness (QED) is 0.790. The molecule has 2 aromatic rings. The van der Waals surface area contributed by atoms with Gasteiger partial charge in [0.1, 0.15) is 5.82 Å². The zero-order valence-corrected chi connectivity index (χ0v) is 11.5. The van der Waals surface area contributed by atoms with Gasteiger partial charge in [0.25, 0.3) is 0 Å². The Balaban J connectivity index is 2.92. The molecule has 0 aliphatic heterocycles. The fourth-order valence-electron chi connectivity index (χ4n) is 1.69. The average molecular weight is 298 g/mol. The van der Waals surface area contributed by atoms with Crippen LogP contribution in [0.5, 0.6) is 0 Å². The number of aromatic nitrogens is 1. The Morgan fingerprint density at radius 2 is 1.94 bits per heavy atom. The lowest BCUT2D eigenvalue weighted by Gasteiger charge is -2.19. The van der Waals surface area contributed by atoms with Gasteiger partial charge in [0, 0.05) is 21.6 Å². The summed E-state index contributed by atoms with van der Waals surface area (Å²) in [5.41, 5.74) is 0.598. The number of fused-ring (bicyclic) bond motifs is 1. The molecule has 0 unspecified atom stereocenters. The van der Waals surface area contributed by atoms with Crippen LogP contribution in [0.15, 0.2) is 27.5 Å². The maximum absolute atomic E-state index is 13.7. The van der Waals surface area contributed by atoms with E-state index in [0.717, 1.165) is 5.69 Å². The fraction of sp³-hybridized carbons (Fsp3) is 0.308. The van der Waals surface area contributed by atoms with Crippen LogP contribution in [0.1, 0.15) is 26.5 Å². The summed E-state index contributed by atoms with van der Waals surface area (Å²) < 4.78 is 14.3. The van der Waals surface area contributed by atoms with Crippen LogP contribution in [0.3, 0.4) is 0 Å². The maximum Gasteiger partial charge on any atom is 0.190 e. The van der Waals surface area contributed by atoms with Crippen LogP contribution >= 0.6 is 15.9 Å². The molecular weight excluding hydrogens is 285 g/mol. The minimum Gasteiger partial charge on any atom is -0.355 e. The number of H-pyrrole nitrogens is 1. The van der Waals surface area contributed by atoms with E-state index in [1.54, 1.807) is 6.07 Å². The molecule has 1 heterocycles. The summed E-state index contributed by atoms with van der Waals surface area (Å²) in [5.74, 6) is -0.411. The van der Waals surface area contributed by atoms with Crippen LogP contribution in [0, 0.1) is 5.82 Å². The number of halogens is 2. The van der Waals surface area contributed by atoms with Crippen molar-refractivity contribution in [2.75, 3.05) is 0 Å². The minimum absolute atomic E-state index is 0.171. The van der Waals surface area contributed by atoms with Gasteiger partial charge in [0.2, 0.25) is 0 Å². The zero-order chi connectivity index (χ0) is 12.8. The normalized spacial score (nSPS) is 12.1. The summed E-state index contributed by atoms with van der Waals surface area (Å²) >= 11 is 3.27. The summed E-state index contributed by atoms with van der Waals surface area (Å²) in [6, 6.07) is 4.42. The van der Waals surface area contributed by atoms with Gasteiger partial charge in [-0.3, -0.25) is 4.79 Å². The first-order chi connectivity index (χ1) is 7.80. The van der Waals surface area contributed by atoms with Crippen molar-refractivity contribution in [3.63, 3.8) is 0 Å². The molecule has 0 spiro atoms. The predicted octanol–water partition coefficient (Wildman–Crippen LogP) is 3.73. The van der Waals surface area contributed by atoms with Gasteiger partial charge in [0.15, 0.2) is 5.43 Å². The lowest BCUT2D eigenvalue weighted by atomic mass is 9.91. The number of pyridine rings is 1. The topological polar surface area (TPSA) is 32.9 Å². The molecule has 17 heavy (non-hydrogen) atoms. The van der Waals surface area contributed by atoms with E-state index in [1.807, 2.05) is 20.8 Å². The highest BCUT2D eigenvalue weighted by atomic mass is 79.9. The Morgan fingerprint density at radius 1 is 1.29 bits per heavy atom. The first-order valence-electron chi connectivity index (χ1n) is 5.32. The molecule has 1 aromatic heterocycles. The standard InChI is InChI=1S/C13H13BrFNO/c1-13(2,3)10-6-9(17)11-7(14)4-5-8(15)12(11)16-10/h4-6H,1-3H3,(H,16,17). The molecule has 2 nitrogen and oxygen atoms in total. The van der Waals surface area contributed by atoms with Gasteiger partial charge in [-0.1, -0.05) is 20.8 Å². The van der Waals surface area contributed by atoms with Crippen LogP contribution in [-0.2, 0) is 5.41 Å². The van der Waals surface area contributed by atoms with Gasteiger partial charge in [-0.2, -0.15) is 0 Å². The number of benzene rings is 1. The van der Waals surface area contributed by atoms with Crippen molar-refractivity contribution >= 4 is 26.8 Å². The molecule has 0 saturated carbocycles. The Labute approximate surface area is 107 Å². The van der Waals surface area contributed by atoms with E-state index in [2.05, 4.69) is 20.9 Å². The molecule has 1 N–H and O–H groups in total. The summed E-state index contributed by atoms with van der Waals surface area (Å²) in [6.45, 7) is 5.92. The molecule has 0 aliphatic carbocycles. The lowest BCUT2D eigenvalue weighted by molar-refractivity contribution is 0.568. The molecule has 4 heteroatoms. The lowest BCUT2D eigenvalue weighted by Crippen LogP contribution is -2.18. The van der Waals surface area contributed by atoms with Crippen LogP contribution in [0.2, 0.25) is 0 Å². The predicted molar refractivity (Wildman–Crippen MR) is 70.9 cm³/mol. The van der Waals surface area contributed by atoms with Crippen LogP contribution in [0.25, 0.3) is 10.9 Å². The van der Waals surface area contributed by atoms with Crippen molar-refractivity contribution in [2.45, 2.75) is 26.2 Å². The molecule has 0 saturated heterocycles. The van der Waals surface area contributed by atoms with E-state index in [0.29, 0.717) is 9.86 Å². The first kappa shape index (κ1) is 12.3. The van der Waals surface area contributed by atoms with Crippen molar-refractivity contribution in [3.05, 3.63) is 44.4 Å². The van der Waals surface area contributed by atoms with E-state index in [1.165, 1.54) is 12.1 Å². The number of hydrogen-bond donors (Lipinski definition) is 1. The molecule has 0 fully saturated rings. The summed E-state index contributed by atoms with van der Waals surface area (Å²) in [6.07, 6.45) is 0. The molecular formula is C13H13BrFNO. The Kier molecular flexibility index (Phi) is 2.86. The maximum atomic E-state index is 13.7. The summed E-state index contributed by atoms with van der Waals surface area (Å²) in [4.78, 5) is 15.0. The van der Waals surface area contributed by atoms with E-state index in [-0.39, 0.29) is 16.4 Å². The number of rotatable bonds is 0. The average Bonchev–Trinajstić information content (AvgIpc) is 2.21. The van der Waals surface area contributed by atoms with E-state index >= 15 is 0 Å². The van der Waals surface area contributed by atoms with Crippen molar-refractivity contribution in [1.29, 1.82) is 0 Å². The molecule has 0 bridgehead atoms. The second-order valence-electron chi connectivity index (χ2n) is 5.08. The van der Waals surface area contributed by atoms with Crippen LogP contribution < -0.4 is 5.43 Å². The fourth-order valence-corrected chi connectivity index (χ4v) is 2.22. The van der Waals surface area contributed by atoms with E-state index < -0.39 is 5.82 Å². The molecule has 0 atom stereocenters. The molecule has 0 radical (unpaired) electrons. The number of nitrogens with one attached hydrogen (secondary N) is 1. The number of aromatic amines is 1. The van der Waals surface area contributed by atoms with E-state index in [4.69, 9.17) is 0 Å². The highest BCUT2D eigenvalue weighted by Gasteiger charge is 2.18. The van der Waals surface area contributed by atoms with Gasteiger partial charge < -0.3 is 4.98 Å². The highest BCUT2D eigenvalue weighted by Crippen LogP contribution is 2.25. The van der Waals surface area contributed by atoms with E-state index in [9.17, 15) is 9.18 Å². The first-order valence-corrected chi connectivity index (χ1v) is 6.11. The third-order valence-corrected chi connectivity index (χ3v) is 3.35. The summed E-state index contributed by atoms with van der Waals surface area (Å²) in [7, 11) is 0. The van der Waals surface area contributed by atoms with Crippen LogP contribution in [-0.4, -0.2) is 4.98 Å². The van der Waals surface area contributed by atoms with Crippen LogP contribution in [0.4, 0.5) is 4.39 Å². The molecule has 1 aromatic carbocycles. The Hall–Kier alpha value is -1.16. The van der Waals surface area contributed by atoms with Gasteiger partial charge in [-0.15, -0.1) is 0 Å². The monoisotopic (exact) mass is 297 g/mol. The largest absolute Gasteiger partial charge is 0.355 e. The SMILES string of the molecule is CC(C)(C)c1cc(=O)c2c(Br)ccc(F)c2[nH]1. The van der Waals surface area contributed by atoms with Gasteiger partial charge in [-0.05, 0) is 28.1 Å². The number of hydrogen-bond acceptors (Lipinski definition) is 1. The smallest absolute Gasteiger partial charge is 0.190 e. The summed E-state index contributed by atoms with van der Waals surface area (Å²) in [5, 5.41) is 0.359. The third kappa shape index (κ3) is 2.14. The molecule has 90 valence electrons. The minimum atomic E-state index is -0.411. The zero-order valence-electron chi connectivity index (χ0n) is 9.90. The molecule has 0 amide bonds. The van der Waals surface area contributed by atoms with Crippen molar-refractivity contribution < 1.29 is 4.39 Å². The van der Waals surface area contributed by atoms with Crippen molar-refractivity contribution in [1.82, 2.24) is 4.98 Å². The third-order valence-electron chi connectivity index (χ3n) is 2.69. The second-order valence-corrected chi connectivity index (χ2v) is 5.93. The van der Waals surface area contributed by atoms with Gasteiger partial charge in [0.05, 0.1) is 10.9 Å². The Bertz CT molecular complexity index is 640. The second kappa shape index (κ2) is 3.95. The Morgan fingerprint density at radius 3 is 2.53 bits per heavy atom. The van der Waals surface area contributed by atoms with Crippen molar-refractivity contribution in [2.24, 2.45) is 0 Å². The van der Waals surface area contributed by atoms with Crippen molar-refractivity contribution in [3.8, 4) is 0 Å². The van der Waals surface area contributed by atoms with Gasteiger partial charge >= 0.3 is 0 Å². The molecule has 0 aliphatic rings.